The molecule has 1 heterocycles. The van der Waals surface area contributed by atoms with Crippen molar-refractivity contribution in [3.05, 3.63) is 80.9 Å². The van der Waals surface area contributed by atoms with E-state index in [0.717, 1.165) is 16.0 Å². The van der Waals surface area contributed by atoms with Crippen LogP contribution in [0, 0.1) is 33.8 Å². The fraction of sp³-hybridized carbons (Fsp3) is 0.400. The molecule has 0 unspecified atom stereocenters. The number of carbonyl (C=O) groups excluding carboxylic acids is 2. The van der Waals surface area contributed by atoms with Gasteiger partial charge in [0.1, 0.15) is 5.75 Å². The summed E-state index contributed by atoms with van der Waals surface area (Å²) >= 11 is 0. The number of amides is 2. The highest BCUT2D eigenvalue weighted by molar-refractivity contribution is 6.22. The van der Waals surface area contributed by atoms with Crippen LogP contribution in [0.5, 0.6) is 5.75 Å². The number of rotatable bonds is 9. The van der Waals surface area contributed by atoms with Crippen molar-refractivity contribution in [1.82, 2.24) is 0 Å². The maximum absolute atomic E-state index is 13.6. The van der Waals surface area contributed by atoms with E-state index < -0.39 is 47.2 Å². The molecule has 2 aliphatic rings. The number of phenolic OH excluding ortho intramolecular Hbond substituents is 1. The lowest BCUT2D eigenvalue weighted by Crippen LogP contribution is -2.39. The van der Waals surface area contributed by atoms with Crippen LogP contribution >= 0.6 is 0 Å². The fourth-order valence-electron chi connectivity index (χ4n) is 5.91. The number of aliphatic hydroxyl groups excluding tert-OH is 2. The second kappa shape index (κ2) is 11.5. The van der Waals surface area contributed by atoms with Gasteiger partial charge in [0.2, 0.25) is 11.8 Å². The van der Waals surface area contributed by atoms with Crippen molar-refractivity contribution in [2.75, 3.05) is 11.5 Å². The SMILES string of the molecule is C/C(=C\c1ccccc1O)CC[C@@H](O)C1=C(C(C)C)C[C@H]2C(=O)N(c3cccc([N+](=O)[O-])c3)C(=O)[C@H]2[C@H]1CO. The topological polar surface area (TPSA) is 141 Å². The summed E-state index contributed by atoms with van der Waals surface area (Å²) in [6.07, 6.45) is 2.04. The summed E-state index contributed by atoms with van der Waals surface area (Å²) in [6.45, 7) is 5.41. The van der Waals surface area contributed by atoms with Crippen LogP contribution in [0.25, 0.3) is 6.08 Å². The molecule has 0 radical (unpaired) electrons. The van der Waals surface area contributed by atoms with Gasteiger partial charge in [-0.15, -0.1) is 0 Å². The zero-order valence-electron chi connectivity index (χ0n) is 22.3. The number of hydrogen-bond donors (Lipinski definition) is 3. The molecular weight excluding hydrogens is 500 g/mol. The van der Waals surface area contributed by atoms with Crippen LogP contribution in [-0.2, 0) is 9.59 Å². The van der Waals surface area contributed by atoms with Gasteiger partial charge in [0.25, 0.3) is 5.69 Å². The largest absolute Gasteiger partial charge is 0.507 e. The highest BCUT2D eigenvalue weighted by atomic mass is 16.6. The molecule has 2 aromatic rings. The summed E-state index contributed by atoms with van der Waals surface area (Å²) in [5.41, 5.74) is 2.98. The minimum absolute atomic E-state index is 0.0303. The number of carbonyl (C=O) groups is 2. The Morgan fingerprint density at radius 2 is 1.87 bits per heavy atom. The number of hydrogen-bond acceptors (Lipinski definition) is 7. The van der Waals surface area contributed by atoms with Gasteiger partial charge in [-0.25, -0.2) is 4.90 Å². The summed E-state index contributed by atoms with van der Waals surface area (Å²) < 4.78 is 0. The van der Waals surface area contributed by atoms with Crippen molar-refractivity contribution in [1.29, 1.82) is 0 Å². The number of non-ortho nitro benzene ring substituents is 1. The number of imide groups is 1. The highest BCUT2D eigenvalue weighted by Crippen LogP contribution is 2.49. The first-order valence-electron chi connectivity index (χ1n) is 13.1. The van der Waals surface area contributed by atoms with Crippen LogP contribution in [0.1, 0.15) is 45.6 Å². The first kappa shape index (κ1) is 28.2. The van der Waals surface area contributed by atoms with Crippen LogP contribution in [-0.4, -0.2) is 44.8 Å². The van der Waals surface area contributed by atoms with Crippen molar-refractivity contribution in [3.8, 4) is 5.75 Å². The van der Waals surface area contributed by atoms with Crippen molar-refractivity contribution < 1.29 is 29.8 Å². The lowest BCUT2D eigenvalue weighted by molar-refractivity contribution is -0.384. The average molecular weight is 535 g/mol. The normalized spacial score (nSPS) is 22.5. The molecular formula is C30H34N2O7. The van der Waals surface area contributed by atoms with E-state index in [1.54, 1.807) is 18.2 Å². The molecule has 3 N–H and O–H groups in total. The third-order valence-corrected chi connectivity index (χ3v) is 7.82. The maximum Gasteiger partial charge on any atom is 0.271 e. The smallest absolute Gasteiger partial charge is 0.271 e. The molecule has 39 heavy (non-hydrogen) atoms. The minimum Gasteiger partial charge on any atom is -0.507 e. The number of aliphatic hydroxyl groups is 2. The van der Waals surface area contributed by atoms with Gasteiger partial charge in [-0.3, -0.25) is 19.7 Å². The number of fused-ring (bicyclic) bond motifs is 1. The minimum atomic E-state index is -0.942. The second-order valence-electron chi connectivity index (χ2n) is 10.7. The van der Waals surface area contributed by atoms with E-state index in [1.807, 2.05) is 32.9 Å². The Morgan fingerprint density at radius 3 is 2.51 bits per heavy atom. The van der Waals surface area contributed by atoms with E-state index in [9.17, 15) is 35.0 Å². The Balaban J connectivity index is 1.62. The number of nitro groups is 1. The summed E-state index contributed by atoms with van der Waals surface area (Å²) in [7, 11) is 0. The van der Waals surface area contributed by atoms with E-state index in [4.69, 9.17) is 0 Å². The number of allylic oxidation sites excluding steroid dienone is 2. The number of nitrogens with zero attached hydrogens (tertiary/aromatic N) is 2. The third-order valence-electron chi connectivity index (χ3n) is 7.82. The molecule has 4 rings (SSSR count). The summed E-state index contributed by atoms with van der Waals surface area (Å²) in [4.78, 5) is 38.8. The molecule has 9 nitrogen and oxygen atoms in total. The molecule has 0 bridgehead atoms. The van der Waals surface area contributed by atoms with Gasteiger partial charge in [0.15, 0.2) is 0 Å². The number of nitro benzene ring substituents is 1. The number of phenols is 1. The maximum atomic E-state index is 13.6. The first-order chi connectivity index (χ1) is 18.5. The molecule has 2 amide bonds. The van der Waals surface area contributed by atoms with Gasteiger partial charge in [0.05, 0.1) is 35.2 Å². The summed E-state index contributed by atoms with van der Waals surface area (Å²) in [5.74, 6) is -3.17. The van der Waals surface area contributed by atoms with Crippen molar-refractivity contribution in [3.63, 3.8) is 0 Å². The molecule has 0 saturated carbocycles. The lowest BCUT2D eigenvalue weighted by atomic mass is 9.66. The van der Waals surface area contributed by atoms with Crippen molar-refractivity contribution in [2.24, 2.45) is 23.7 Å². The van der Waals surface area contributed by atoms with Gasteiger partial charge in [-0.05, 0) is 49.8 Å². The van der Waals surface area contributed by atoms with Gasteiger partial charge < -0.3 is 15.3 Å². The molecule has 9 heteroatoms. The standard InChI is InChI=1S/C30H34N2O7/c1-17(2)22-15-23-28(30(37)31(29(23)36)20-8-6-9-21(14-20)32(38)39)24(16-33)27(22)26(35)12-11-18(3)13-19-7-4-5-10-25(19)34/h4-10,13-14,17,23-24,26,28,33-35H,11-12,15-16H2,1-3H3/b18-13+/t23-,24+,26-,28-/m1/s1. The Bertz CT molecular complexity index is 1350. The van der Waals surface area contributed by atoms with Gasteiger partial charge >= 0.3 is 0 Å². The zero-order chi connectivity index (χ0) is 28.4. The molecule has 1 fully saturated rings. The van der Waals surface area contributed by atoms with Crippen molar-refractivity contribution >= 4 is 29.3 Å². The van der Waals surface area contributed by atoms with Gasteiger partial charge in [-0.2, -0.15) is 0 Å². The summed E-state index contributed by atoms with van der Waals surface area (Å²) in [6, 6.07) is 12.4. The molecule has 0 spiro atoms. The predicted octanol–water partition coefficient (Wildman–Crippen LogP) is 4.62. The van der Waals surface area contributed by atoms with Crippen LogP contribution in [0.4, 0.5) is 11.4 Å². The Kier molecular flexibility index (Phi) is 8.32. The Hall–Kier alpha value is -3.82. The Labute approximate surface area is 227 Å². The van der Waals surface area contributed by atoms with Crippen LogP contribution < -0.4 is 4.90 Å². The van der Waals surface area contributed by atoms with E-state index >= 15 is 0 Å². The number of anilines is 1. The van der Waals surface area contributed by atoms with Crippen LogP contribution in [0.3, 0.4) is 0 Å². The predicted molar refractivity (Wildman–Crippen MR) is 147 cm³/mol. The molecule has 1 saturated heterocycles. The van der Waals surface area contributed by atoms with Gasteiger partial charge in [-0.1, -0.05) is 55.3 Å². The number of para-hydroxylation sites is 1. The van der Waals surface area contributed by atoms with E-state index in [-0.39, 0.29) is 29.5 Å². The lowest BCUT2D eigenvalue weighted by Gasteiger charge is -2.38. The summed E-state index contributed by atoms with van der Waals surface area (Å²) in [5, 5.41) is 43.2. The monoisotopic (exact) mass is 534 g/mol. The third kappa shape index (κ3) is 5.51. The van der Waals surface area contributed by atoms with Crippen LogP contribution in [0.2, 0.25) is 0 Å². The quantitative estimate of drug-likeness (QED) is 0.185. The molecule has 4 atom stereocenters. The van der Waals surface area contributed by atoms with Crippen LogP contribution in [0.15, 0.2) is 65.3 Å². The van der Waals surface area contributed by atoms with E-state index in [2.05, 4.69) is 0 Å². The average Bonchev–Trinajstić information content (AvgIpc) is 3.16. The fourth-order valence-corrected chi connectivity index (χ4v) is 5.91. The van der Waals surface area contributed by atoms with E-state index in [0.29, 0.717) is 24.0 Å². The van der Waals surface area contributed by atoms with Gasteiger partial charge in [0, 0.05) is 23.6 Å². The molecule has 0 aromatic heterocycles. The molecule has 2 aromatic carbocycles. The van der Waals surface area contributed by atoms with E-state index in [1.165, 1.54) is 24.3 Å². The number of benzene rings is 2. The molecule has 1 aliphatic heterocycles. The molecule has 1 aliphatic carbocycles. The van der Waals surface area contributed by atoms with Crippen molar-refractivity contribution in [2.45, 2.75) is 46.1 Å². The Morgan fingerprint density at radius 1 is 1.15 bits per heavy atom. The zero-order valence-corrected chi connectivity index (χ0v) is 22.3. The second-order valence-corrected chi connectivity index (χ2v) is 10.7. The highest BCUT2D eigenvalue weighted by Gasteiger charge is 2.55. The first-order valence-corrected chi connectivity index (χ1v) is 13.1. The number of aromatic hydroxyl groups is 1. The molecule has 206 valence electrons.